The van der Waals surface area contributed by atoms with Crippen LogP contribution in [0.4, 0.5) is 17.3 Å². The van der Waals surface area contributed by atoms with E-state index in [-0.39, 0.29) is 23.6 Å². The fourth-order valence-electron chi connectivity index (χ4n) is 6.74. The molecule has 3 heterocycles. The average Bonchev–Trinajstić information content (AvgIpc) is 2.99. The van der Waals surface area contributed by atoms with E-state index in [4.69, 9.17) is 21.6 Å². The summed E-state index contributed by atoms with van der Waals surface area (Å²) in [5.41, 5.74) is 5.92. The van der Waals surface area contributed by atoms with Crippen molar-refractivity contribution >= 4 is 45.9 Å². The van der Waals surface area contributed by atoms with Crippen LogP contribution in [0.25, 0.3) is 22.2 Å². The van der Waals surface area contributed by atoms with Crippen molar-refractivity contribution in [3.8, 4) is 11.1 Å². The van der Waals surface area contributed by atoms with E-state index in [1.54, 1.807) is 6.92 Å². The molecule has 6 rings (SSSR count). The fourth-order valence-corrected chi connectivity index (χ4v) is 6.97. The molecule has 4 aromatic rings. The number of aromatic nitrogens is 3. The maximum Gasteiger partial charge on any atom is 0.260 e. The molecule has 230 valence electrons. The van der Waals surface area contributed by atoms with Gasteiger partial charge in [0, 0.05) is 78.7 Å². The van der Waals surface area contributed by atoms with Crippen LogP contribution >= 0.6 is 11.6 Å². The third kappa shape index (κ3) is 6.03. The van der Waals surface area contributed by atoms with Crippen LogP contribution in [-0.2, 0) is 4.79 Å². The van der Waals surface area contributed by atoms with Crippen LogP contribution in [0.5, 0.6) is 0 Å². The molecule has 0 atom stereocenters. The first kappa shape index (κ1) is 30.1. The Bertz CT molecular complexity index is 1760. The van der Waals surface area contributed by atoms with Crippen LogP contribution in [0.15, 0.2) is 53.5 Å². The number of likely N-dealkylation sites (N-methyl/N-ethyl adjacent to an activating group) is 1. The molecular formula is C34H40ClN7O2. The number of aryl methyl sites for hydroxylation is 2. The summed E-state index contributed by atoms with van der Waals surface area (Å²) in [6, 6.07) is 13.9. The van der Waals surface area contributed by atoms with Gasteiger partial charge in [-0.05, 0) is 82.0 Å². The van der Waals surface area contributed by atoms with Gasteiger partial charge in [0.25, 0.3) is 5.56 Å². The molecule has 0 radical (unpaired) electrons. The minimum atomic E-state index is -0.108. The molecule has 44 heavy (non-hydrogen) atoms. The molecule has 0 unspecified atom stereocenters. The van der Waals surface area contributed by atoms with Crippen LogP contribution in [0.2, 0.25) is 5.02 Å². The number of carbonyl (C=O) groups excluding carboxylic acids is 1. The van der Waals surface area contributed by atoms with Crippen LogP contribution in [-0.4, -0.2) is 64.6 Å². The first-order valence-corrected chi connectivity index (χ1v) is 15.8. The fraction of sp³-hybridized carbons (Fsp3) is 0.412. The number of carbonyl (C=O) groups is 1. The van der Waals surface area contributed by atoms with Crippen molar-refractivity contribution in [3.63, 3.8) is 0 Å². The second-order valence-corrected chi connectivity index (χ2v) is 12.6. The van der Waals surface area contributed by atoms with E-state index in [0.717, 1.165) is 68.5 Å². The summed E-state index contributed by atoms with van der Waals surface area (Å²) >= 11 is 6.62. The maximum atomic E-state index is 14.4. The summed E-state index contributed by atoms with van der Waals surface area (Å²) < 4.78 is 1.85. The van der Waals surface area contributed by atoms with Crippen LogP contribution < -0.4 is 21.1 Å². The van der Waals surface area contributed by atoms with E-state index in [0.29, 0.717) is 27.7 Å². The zero-order valence-electron chi connectivity index (χ0n) is 25.9. The second kappa shape index (κ2) is 12.6. The molecule has 2 aromatic heterocycles. The molecule has 10 heteroatoms. The molecule has 2 fully saturated rings. The first-order valence-electron chi connectivity index (χ1n) is 15.4. The number of fused-ring (bicyclic) bond motifs is 1. The Hall–Kier alpha value is -3.95. The smallest absolute Gasteiger partial charge is 0.260 e. The Morgan fingerprint density at radius 1 is 1.00 bits per heavy atom. The normalized spacial score (nSPS) is 19.2. The van der Waals surface area contributed by atoms with Gasteiger partial charge >= 0.3 is 0 Å². The Morgan fingerprint density at radius 3 is 2.41 bits per heavy atom. The zero-order valence-corrected chi connectivity index (χ0v) is 26.6. The van der Waals surface area contributed by atoms with Gasteiger partial charge in [-0.25, -0.2) is 4.98 Å². The van der Waals surface area contributed by atoms with Crippen molar-refractivity contribution in [3.05, 3.63) is 75.2 Å². The van der Waals surface area contributed by atoms with E-state index >= 15 is 0 Å². The number of hydrogen-bond donors (Lipinski definition) is 2. The van der Waals surface area contributed by atoms with Crippen molar-refractivity contribution < 1.29 is 4.79 Å². The average molecular weight is 614 g/mol. The number of rotatable bonds is 6. The SMILES string of the molecule is CC(=O)N[C@H]1CC[C@@H](n2c(=O)c(-c3ccccc3Cl)c(C)c3cnc(Nc4ccc(N5CCN(C)CC5)c(C)c4)nc32)CC1. The minimum absolute atomic E-state index is 0.0253. The predicted molar refractivity (Wildman–Crippen MR) is 178 cm³/mol. The van der Waals surface area contributed by atoms with E-state index in [9.17, 15) is 9.59 Å². The summed E-state index contributed by atoms with van der Waals surface area (Å²) in [5.74, 6) is 0.414. The lowest BCUT2D eigenvalue weighted by Gasteiger charge is -2.35. The number of piperazine rings is 1. The quantitative estimate of drug-likeness (QED) is 0.282. The molecule has 0 spiro atoms. The Balaban J connectivity index is 1.38. The van der Waals surface area contributed by atoms with Crippen molar-refractivity contribution in [1.29, 1.82) is 0 Å². The summed E-state index contributed by atoms with van der Waals surface area (Å²) in [4.78, 5) is 40.5. The predicted octanol–water partition coefficient (Wildman–Crippen LogP) is 5.84. The van der Waals surface area contributed by atoms with Crippen molar-refractivity contribution in [2.45, 2.75) is 58.5 Å². The lowest BCUT2D eigenvalue weighted by molar-refractivity contribution is -0.119. The summed E-state index contributed by atoms with van der Waals surface area (Å²) in [5, 5.41) is 7.78. The number of benzene rings is 2. The molecule has 1 aliphatic heterocycles. The standard InChI is InChI=1S/C34H40ClN7O2/c1-21-19-25(11-14-30(21)41-17-15-40(4)16-18-41)38-34-36-20-28-22(2)31(27-7-5-6-8-29(27)35)33(44)42(32(28)39-34)26-12-9-24(10-13-26)37-23(3)43/h5-8,11,14,19-20,24,26H,9-10,12-13,15-18H2,1-4H3,(H,37,43)(H,36,38,39)/t24-,26+. The molecule has 1 saturated heterocycles. The molecular weight excluding hydrogens is 574 g/mol. The Labute approximate surface area is 263 Å². The van der Waals surface area contributed by atoms with Crippen molar-refractivity contribution in [1.82, 2.24) is 24.8 Å². The number of anilines is 3. The van der Waals surface area contributed by atoms with Crippen LogP contribution in [0.3, 0.4) is 0 Å². The number of nitrogens with zero attached hydrogens (tertiary/aromatic N) is 5. The molecule has 2 aliphatic rings. The molecule has 1 saturated carbocycles. The summed E-state index contributed by atoms with van der Waals surface area (Å²) in [7, 11) is 2.16. The second-order valence-electron chi connectivity index (χ2n) is 12.2. The van der Waals surface area contributed by atoms with E-state index in [2.05, 4.69) is 52.6 Å². The van der Waals surface area contributed by atoms with Crippen LogP contribution in [0, 0.1) is 13.8 Å². The number of nitrogens with one attached hydrogen (secondary N) is 2. The van der Waals surface area contributed by atoms with Crippen molar-refractivity contribution in [2.24, 2.45) is 0 Å². The number of amides is 1. The van der Waals surface area contributed by atoms with Gasteiger partial charge in [-0.1, -0.05) is 29.8 Å². The maximum absolute atomic E-state index is 14.4. The highest BCUT2D eigenvalue weighted by Crippen LogP contribution is 2.35. The molecule has 9 nitrogen and oxygen atoms in total. The van der Waals surface area contributed by atoms with Gasteiger partial charge in [0.2, 0.25) is 11.9 Å². The van der Waals surface area contributed by atoms with Gasteiger partial charge < -0.3 is 20.4 Å². The number of pyridine rings is 1. The summed E-state index contributed by atoms with van der Waals surface area (Å²) in [6.07, 6.45) is 4.91. The van der Waals surface area contributed by atoms with Gasteiger partial charge in [-0.15, -0.1) is 0 Å². The highest BCUT2D eigenvalue weighted by atomic mass is 35.5. The third-order valence-electron chi connectivity index (χ3n) is 9.12. The van der Waals surface area contributed by atoms with Gasteiger partial charge in [-0.3, -0.25) is 14.2 Å². The monoisotopic (exact) mass is 613 g/mol. The number of halogens is 1. The molecule has 0 bridgehead atoms. The van der Waals surface area contributed by atoms with Crippen molar-refractivity contribution in [2.75, 3.05) is 43.4 Å². The molecule has 2 aromatic carbocycles. The minimum Gasteiger partial charge on any atom is -0.369 e. The van der Waals surface area contributed by atoms with Gasteiger partial charge in [0.1, 0.15) is 5.65 Å². The summed E-state index contributed by atoms with van der Waals surface area (Å²) in [6.45, 7) is 9.76. The third-order valence-corrected chi connectivity index (χ3v) is 9.45. The molecule has 1 aliphatic carbocycles. The first-order chi connectivity index (χ1) is 21.2. The van der Waals surface area contributed by atoms with E-state index in [1.807, 2.05) is 42.0 Å². The largest absolute Gasteiger partial charge is 0.369 e. The lowest BCUT2D eigenvalue weighted by Crippen LogP contribution is -2.44. The van der Waals surface area contributed by atoms with Gasteiger partial charge in [0.05, 0.1) is 5.56 Å². The lowest BCUT2D eigenvalue weighted by atomic mass is 9.90. The van der Waals surface area contributed by atoms with E-state index in [1.165, 1.54) is 11.3 Å². The van der Waals surface area contributed by atoms with Crippen LogP contribution in [0.1, 0.15) is 49.8 Å². The number of hydrogen-bond acceptors (Lipinski definition) is 7. The zero-order chi connectivity index (χ0) is 31.0. The highest BCUT2D eigenvalue weighted by molar-refractivity contribution is 6.33. The van der Waals surface area contributed by atoms with Gasteiger partial charge in [0.15, 0.2) is 0 Å². The molecule has 1 amide bonds. The molecule has 2 N–H and O–H groups in total. The van der Waals surface area contributed by atoms with Gasteiger partial charge in [-0.2, -0.15) is 4.98 Å². The topological polar surface area (TPSA) is 95.4 Å². The Morgan fingerprint density at radius 2 is 1.73 bits per heavy atom. The Kier molecular flexibility index (Phi) is 8.60. The van der Waals surface area contributed by atoms with E-state index < -0.39 is 0 Å². The highest BCUT2D eigenvalue weighted by Gasteiger charge is 2.28.